The number of amides is 1. The zero-order chi connectivity index (χ0) is 21.0. The third kappa shape index (κ3) is 4.51. The van der Waals surface area contributed by atoms with Gasteiger partial charge in [0.25, 0.3) is 11.5 Å². The van der Waals surface area contributed by atoms with Crippen molar-refractivity contribution < 1.29 is 14.3 Å². The van der Waals surface area contributed by atoms with Crippen molar-refractivity contribution in [2.45, 2.75) is 26.3 Å². The average molecular weight is 393 g/mol. The fraction of sp³-hybridized carbons (Fsp3) is 0.273. The highest BCUT2D eigenvalue weighted by atomic mass is 16.5. The molecule has 0 aliphatic carbocycles. The predicted octanol–water partition coefficient (Wildman–Crippen LogP) is 2.28. The smallest absolute Gasteiger partial charge is 0.305 e. The molecular weight excluding hydrogens is 370 g/mol. The number of aromatic nitrogens is 2. The first-order valence-electron chi connectivity index (χ1n) is 9.30. The highest BCUT2D eigenvalue weighted by molar-refractivity contribution is 5.97. The number of benzene rings is 2. The number of hydrogen-bond donors (Lipinski definition) is 1. The topological polar surface area (TPSA) is 90.3 Å². The van der Waals surface area contributed by atoms with Crippen molar-refractivity contribution in [1.29, 1.82) is 0 Å². The van der Waals surface area contributed by atoms with Crippen LogP contribution >= 0.6 is 0 Å². The van der Waals surface area contributed by atoms with Gasteiger partial charge < -0.3 is 14.6 Å². The summed E-state index contributed by atoms with van der Waals surface area (Å²) in [6, 6.07) is 12.7. The Balaban J connectivity index is 1.75. The highest BCUT2D eigenvalue weighted by Gasteiger charge is 2.11. The number of esters is 1. The number of nitrogens with one attached hydrogen (secondary N) is 1. The third-order valence-corrected chi connectivity index (χ3v) is 4.89. The number of aryl methyl sites for hydroxylation is 3. The summed E-state index contributed by atoms with van der Waals surface area (Å²) in [5.74, 6) is -0.500. The molecule has 2 aromatic carbocycles. The van der Waals surface area contributed by atoms with E-state index >= 15 is 0 Å². The van der Waals surface area contributed by atoms with Gasteiger partial charge in [-0.05, 0) is 42.7 Å². The number of ether oxygens (including phenoxy) is 1. The lowest BCUT2D eigenvalue weighted by molar-refractivity contribution is -0.140. The molecule has 1 amide bonds. The molecule has 0 atom stereocenters. The summed E-state index contributed by atoms with van der Waals surface area (Å²) in [5.41, 5.74) is 3.90. The van der Waals surface area contributed by atoms with Gasteiger partial charge in [0.2, 0.25) is 0 Å². The second kappa shape index (κ2) is 8.68. The SMILES string of the molecule is COC(=O)CCc1ccccc1CNC(=O)c1ccc2c(c1)nc(C)c(=O)n2C. The molecule has 0 spiro atoms. The van der Waals surface area contributed by atoms with Crippen molar-refractivity contribution in [3.8, 4) is 0 Å². The molecule has 1 heterocycles. The van der Waals surface area contributed by atoms with Gasteiger partial charge in [-0.15, -0.1) is 0 Å². The molecule has 1 N–H and O–H groups in total. The quantitative estimate of drug-likeness (QED) is 0.649. The molecule has 0 saturated heterocycles. The lowest BCUT2D eigenvalue weighted by Crippen LogP contribution is -2.24. The summed E-state index contributed by atoms with van der Waals surface area (Å²) < 4.78 is 6.22. The fourth-order valence-corrected chi connectivity index (χ4v) is 3.21. The molecule has 0 fully saturated rings. The molecule has 0 aliphatic rings. The summed E-state index contributed by atoms with van der Waals surface area (Å²) in [7, 11) is 3.05. The zero-order valence-electron chi connectivity index (χ0n) is 16.7. The molecule has 0 unspecified atom stereocenters. The Bertz CT molecular complexity index is 1130. The number of carbonyl (C=O) groups is 2. The summed E-state index contributed by atoms with van der Waals surface area (Å²) in [6.45, 7) is 1.99. The summed E-state index contributed by atoms with van der Waals surface area (Å²) in [6.07, 6.45) is 0.835. The van der Waals surface area contributed by atoms with Crippen LogP contribution in [0.1, 0.15) is 33.6 Å². The molecule has 7 heteroatoms. The first-order valence-corrected chi connectivity index (χ1v) is 9.30. The predicted molar refractivity (Wildman–Crippen MR) is 110 cm³/mol. The van der Waals surface area contributed by atoms with Crippen LogP contribution in [0.5, 0.6) is 0 Å². The molecule has 0 bridgehead atoms. The van der Waals surface area contributed by atoms with Gasteiger partial charge in [-0.1, -0.05) is 24.3 Å². The van der Waals surface area contributed by atoms with Crippen molar-refractivity contribution in [3.05, 3.63) is 75.2 Å². The number of methoxy groups -OCH3 is 1. The van der Waals surface area contributed by atoms with Gasteiger partial charge >= 0.3 is 5.97 Å². The van der Waals surface area contributed by atoms with Crippen molar-refractivity contribution in [1.82, 2.24) is 14.9 Å². The minimum atomic E-state index is -0.266. The molecule has 0 aliphatic heterocycles. The van der Waals surface area contributed by atoms with E-state index in [1.54, 1.807) is 32.2 Å². The van der Waals surface area contributed by atoms with Crippen LogP contribution in [0.25, 0.3) is 11.0 Å². The molecule has 0 saturated carbocycles. The maximum Gasteiger partial charge on any atom is 0.305 e. The van der Waals surface area contributed by atoms with E-state index in [4.69, 9.17) is 4.74 Å². The van der Waals surface area contributed by atoms with E-state index in [0.717, 1.165) is 11.1 Å². The minimum absolute atomic E-state index is 0.154. The Labute approximate surface area is 168 Å². The first-order chi connectivity index (χ1) is 13.9. The van der Waals surface area contributed by atoms with E-state index in [2.05, 4.69) is 10.3 Å². The zero-order valence-corrected chi connectivity index (χ0v) is 16.7. The van der Waals surface area contributed by atoms with Gasteiger partial charge in [0.05, 0.1) is 18.1 Å². The van der Waals surface area contributed by atoms with Crippen LogP contribution in [-0.2, 0) is 29.5 Å². The van der Waals surface area contributed by atoms with Gasteiger partial charge in [-0.3, -0.25) is 14.4 Å². The van der Waals surface area contributed by atoms with Gasteiger partial charge in [0.1, 0.15) is 5.69 Å². The van der Waals surface area contributed by atoms with E-state index in [9.17, 15) is 14.4 Å². The lowest BCUT2D eigenvalue weighted by atomic mass is 10.0. The molecule has 3 rings (SSSR count). The number of rotatable bonds is 6. The largest absolute Gasteiger partial charge is 0.469 e. The number of carbonyl (C=O) groups excluding carboxylic acids is 2. The van der Waals surface area contributed by atoms with E-state index in [0.29, 0.717) is 35.3 Å². The third-order valence-electron chi connectivity index (χ3n) is 4.89. The average Bonchev–Trinajstić information content (AvgIpc) is 2.74. The summed E-state index contributed by atoms with van der Waals surface area (Å²) in [4.78, 5) is 40.3. The van der Waals surface area contributed by atoms with Crippen LogP contribution in [0.4, 0.5) is 0 Å². The minimum Gasteiger partial charge on any atom is -0.469 e. The van der Waals surface area contributed by atoms with Crippen molar-refractivity contribution in [2.24, 2.45) is 7.05 Å². The Morgan fingerprint density at radius 3 is 2.59 bits per heavy atom. The van der Waals surface area contributed by atoms with Crippen molar-refractivity contribution in [3.63, 3.8) is 0 Å². The van der Waals surface area contributed by atoms with Crippen LogP contribution in [0.3, 0.4) is 0 Å². The van der Waals surface area contributed by atoms with Crippen molar-refractivity contribution >= 4 is 22.9 Å². The normalized spacial score (nSPS) is 10.7. The van der Waals surface area contributed by atoms with E-state index in [1.165, 1.54) is 11.7 Å². The molecule has 3 aromatic rings. The van der Waals surface area contributed by atoms with E-state index < -0.39 is 0 Å². The molecule has 150 valence electrons. The Morgan fingerprint density at radius 1 is 1.14 bits per heavy atom. The number of hydrogen-bond acceptors (Lipinski definition) is 5. The standard InChI is InChI=1S/C22H23N3O4/c1-14-22(28)25(2)19-10-8-16(12-18(19)24-14)21(27)23-13-17-7-5-4-6-15(17)9-11-20(26)29-3/h4-8,10,12H,9,11,13H2,1-3H3,(H,23,27). The Kier molecular flexibility index (Phi) is 6.07. The van der Waals surface area contributed by atoms with E-state index in [1.807, 2.05) is 24.3 Å². The van der Waals surface area contributed by atoms with Gasteiger partial charge in [0, 0.05) is 25.6 Å². The number of fused-ring (bicyclic) bond motifs is 1. The van der Waals surface area contributed by atoms with Crippen LogP contribution in [0.15, 0.2) is 47.3 Å². The lowest BCUT2D eigenvalue weighted by Gasteiger charge is -2.11. The monoisotopic (exact) mass is 393 g/mol. The van der Waals surface area contributed by atoms with Crippen molar-refractivity contribution in [2.75, 3.05) is 7.11 Å². The maximum absolute atomic E-state index is 12.6. The van der Waals surface area contributed by atoms with Gasteiger partial charge in [-0.2, -0.15) is 0 Å². The van der Waals surface area contributed by atoms with E-state index in [-0.39, 0.29) is 23.9 Å². The van der Waals surface area contributed by atoms with Crippen LogP contribution in [-0.4, -0.2) is 28.5 Å². The van der Waals surface area contributed by atoms with Crippen LogP contribution in [0.2, 0.25) is 0 Å². The molecular formula is C22H23N3O4. The molecule has 7 nitrogen and oxygen atoms in total. The summed E-state index contributed by atoms with van der Waals surface area (Å²) >= 11 is 0. The Morgan fingerprint density at radius 2 is 1.86 bits per heavy atom. The maximum atomic E-state index is 12.6. The second-order valence-electron chi connectivity index (χ2n) is 6.79. The molecule has 1 aromatic heterocycles. The summed E-state index contributed by atoms with van der Waals surface area (Å²) in [5, 5.41) is 2.91. The first kappa shape index (κ1) is 20.3. The molecule has 29 heavy (non-hydrogen) atoms. The number of nitrogens with zero attached hydrogens (tertiary/aromatic N) is 2. The fourth-order valence-electron chi connectivity index (χ4n) is 3.21. The highest BCUT2D eigenvalue weighted by Crippen LogP contribution is 2.14. The van der Waals surface area contributed by atoms with Gasteiger partial charge in [0.15, 0.2) is 0 Å². The second-order valence-corrected chi connectivity index (χ2v) is 6.79. The van der Waals surface area contributed by atoms with Gasteiger partial charge in [-0.25, -0.2) is 4.98 Å². The molecule has 0 radical (unpaired) electrons. The van der Waals surface area contributed by atoms with Crippen LogP contribution in [0, 0.1) is 6.92 Å². The Hall–Kier alpha value is -3.48. The van der Waals surface area contributed by atoms with Crippen LogP contribution < -0.4 is 10.9 Å².